The van der Waals surface area contributed by atoms with Crippen LogP contribution in [0.3, 0.4) is 0 Å². The molecule has 104 valence electrons. The van der Waals surface area contributed by atoms with E-state index in [9.17, 15) is 9.59 Å². The van der Waals surface area contributed by atoms with Crippen LogP contribution in [0.15, 0.2) is 52.3 Å². The first-order chi connectivity index (χ1) is 9.60. The Kier molecular flexibility index (Phi) is 4.63. The number of carbonyl (C=O) groups excluding carboxylic acids is 1. The van der Waals surface area contributed by atoms with Crippen LogP contribution < -0.4 is 10.9 Å². The quantitative estimate of drug-likeness (QED) is 0.850. The normalized spacial score (nSPS) is 11.9. The van der Waals surface area contributed by atoms with E-state index in [1.165, 1.54) is 17.2 Å². The Morgan fingerprint density at radius 2 is 1.95 bits per heavy atom. The SMILES string of the molecule is CSc1ccc(C(C)NC(=O)c2cc[nH]c(=O)c2)cc1. The molecule has 0 radical (unpaired) electrons. The molecule has 1 aromatic heterocycles. The second-order valence-corrected chi connectivity index (χ2v) is 5.29. The van der Waals surface area contributed by atoms with Crippen molar-refractivity contribution >= 4 is 17.7 Å². The van der Waals surface area contributed by atoms with Gasteiger partial charge in [0.1, 0.15) is 0 Å². The van der Waals surface area contributed by atoms with Gasteiger partial charge in [0.15, 0.2) is 0 Å². The summed E-state index contributed by atoms with van der Waals surface area (Å²) in [6.07, 6.45) is 3.49. The number of pyridine rings is 1. The Bertz CT molecular complexity index is 649. The van der Waals surface area contributed by atoms with Gasteiger partial charge in [-0.1, -0.05) is 12.1 Å². The van der Waals surface area contributed by atoms with Crippen LogP contribution in [0.5, 0.6) is 0 Å². The minimum Gasteiger partial charge on any atom is -0.346 e. The molecule has 0 aliphatic carbocycles. The van der Waals surface area contributed by atoms with Gasteiger partial charge in [0.25, 0.3) is 5.91 Å². The maximum atomic E-state index is 12.0. The summed E-state index contributed by atoms with van der Waals surface area (Å²) >= 11 is 1.68. The number of benzene rings is 1. The lowest BCUT2D eigenvalue weighted by Crippen LogP contribution is -2.27. The van der Waals surface area contributed by atoms with Crippen LogP contribution in [0, 0.1) is 0 Å². The molecule has 4 nitrogen and oxygen atoms in total. The van der Waals surface area contributed by atoms with E-state index in [1.807, 2.05) is 37.4 Å². The topological polar surface area (TPSA) is 62.0 Å². The van der Waals surface area contributed by atoms with Crippen molar-refractivity contribution in [2.45, 2.75) is 17.9 Å². The largest absolute Gasteiger partial charge is 0.346 e. The standard InChI is InChI=1S/C15H16N2O2S/c1-10(11-3-5-13(20-2)6-4-11)17-15(19)12-7-8-16-14(18)9-12/h3-10H,1-2H3,(H,16,18)(H,17,19). The first kappa shape index (κ1) is 14.4. The van der Waals surface area contributed by atoms with Crippen LogP contribution in [-0.2, 0) is 0 Å². The lowest BCUT2D eigenvalue weighted by atomic mass is 10.1. The molecule has 2 N–H and O–H groups in total. The average Bonchev–Trinajstić information content (AvgIpc) is 2.47. The third kappa shape index (κ3) is 3.51. The van der Waals surface area contributed by atoms with Crippen molar-refractivity contribution in [2.75, 3.05) is 6.26 Å². The lowest BCUT2D eigenvalue weighted by Gasteiger charge is -2.14. The van der Waals surface area contributed by atoms with E-state index in [1.54, 1.807) is 17.8 Å². The van der Waals surface area contributed by atoms with Crippen molar-refractivity contribution in [3.63, 3.8) is 0 Å². The van der Waals surface area contributed by atoms with Crippen LogP contribution >= 0.6 is 11.8 Å². The van der Waals surface area contributed by atoms with Gasteiger partial charge in [-0.2, -0.15) is 0 Å². The highest BCUT2D eigenvalue weighted by atomic mass is 32.2. The van der Waals surface area contributed by atoms with Crippen LogP contribution in [0.1, 0.15) is 28.9 Å². The fourth-order valence-electron chi connectivity index (χ4n) is 1.84. The second kappa shape index (κ2) is 6.43. The van der Waals surface area contributed by atoms with E-state index in [0.29, 0.717) is 5.56 Å². The molecule has 0 saturated carbocycles. The summed E-state index contributed by atoms with van der Waals surface area (Å²) in [5.41, 5.74) is 1.11. The molecule has 1 heterocycles. The van der Waals surface area contributed by atoms with Gasteiger partial charge in [-0.25, -0.2) is 0 Å². The number of carbonyl (C=O) groups is 1. The molecular formula is C15H16N2O2S. The van der Waals surface area contributed by atoms with Gasteiger partial charge in [-0.05, 0) is 36.9 Å². The first-order valence-corrected chi connectivity index (χ1v) is 7.46. The fourth-order valence-corrected chi connectivity index (χ4v) is 2.25. The zero-order valence-electron chi connectivity index (χ0n) is 11.3. The van der Waals surface area contributed by atoms with Gasteiger partial charge in [-0.15, -0.1) is 11.8 Å². The predicted molar refractivity (Wildman–Crippen MR) is 81.2 cm³/mol. The van der Waals surface area contributed by atoms with E-state index in [4.69, 9.17) is 0 Å². The van der Waals surface area contributed by atoms with Gasteiger partial charge in [0.2, 0.25) is 5.56 Å². The molecular weight excluding hydrogens is 272 g/mol. The van der Waals surface area contributed by atoms with Gasteiger partial charge >= 0.3 is 0 Å². The maximum absolute atomic E-state index is 12.0. The number of hydrogen-bond donors (Lipinski definition) is 2. The van der Waals surface area contributed by atoms with E-state index < -0.39 is 0 Å². The molecule has 2 aromatic rings. The van der Waals surface area contributed by atoms with Crippen molar-refractivity contribution in [1.82, 2.24) is 10.3 Å². The zero-order chi connectivity index (χ0) is 14.5. The Labute approximate surface area is 121 Å². The number of amides is 1. The van der Waals surface area contributed by atoms with E-state index in [-0.39, 0.29) is 17.5 Å². The molecule has 1 unspecified atom stereocenters. The van der Waals surface area contributed by atoms with Crippen molar-refractivity contribution in [3.8, 4) is 0 Å². The Morgan fingerprint density at radius 3 is 2.55 bits per heavy atom. The molecule has 0 bridgehead atoms. The van der Waals surface area contributed by atoms with Gasteiger partial charge in [0.05, 0.1) is 6.04 Å². The van der Waals surface area contributed by atoms with Crippen LogP contribution in [0.4, 0.5) is 0 Å². The molecule has 2 rings (SSSR count). The summed E-state index contributed by atoms with van der Waals surface area (Å²) in [5, 5.41) is 2.88. The number of aromatic nitrogens is 1. The molecule has 1 amide bonds. The Balaban J connectivity index is 2.08. The molecule has 20 heavy (non-hydrogen) atoms. The molecule has 0 fully saturated rings. The van der Waals surface area contributed by atoms with Gasteiger partial charge in [-0.3, -0.25) is 9.59 Å². The summed E-state index contributed by atoms with van der Waals surface area (Å²) in [6.45, 7) is 1.92. The van der Waals surface area contributed by atoms with Crippen molar-refractivity contribution in [1.29, 1.82) is 0 Å². The summed E-state index contributed by atoms with van der Waals surface area (Å²) in [4.78, 5) is 26.9. The molecule has 0 spiro atoms. The number of hydrogen-bond acceptors (Lipinski definition) is 3. The van der Waals surface area contributed by atoms with Crippen molar-refractivity contribution in [2.24, 2.45) is 0 Å². The van der Waals surface area contributed by atoms with E-state index in [0.717, 1.165) is 5.56 Å². The lowest BCUT2D eigenvalue weighted by molar-refractivity contribution is 0.0939. The summed E-state index contributed by atoms with van der Waals surface area (Å²) < 4.78 is 0. The predicted octanol–water partition coefficient (Wildman–Crippen LogP) is 2.59. The molecule has 5 heteroatoms. The van der Waals surface area contributed by atoms with Gasteiger partial charge < -0.3 is 10.3 Å². The fraction of sp³-hybridized carbons (Fsp3) is 0.200. The van der Waals surface area contributed by atoms with Crippen molar-refractivity contribution < 1.29 is 4.79 Å². The highest BCUT2D eigenvalue weighted by Gasteiger charge is 2.11. The summed E-state index contributed by atoms with van der Waals surface area (Å²) in [7, 11) is 0. The third-order valence-electron chi connectivity index (χ3n) is 3.00. The highest BCUT2D eigenvalue weighted by molar-refractivity contribution is 7.98. The van der Waals surface area contributed by atoms with Gasteiger partial charge in [0, 0.05) is 22.7 Å². The van der Waals surface area contributed by atoms with Crippen LogP contribution in [-0.4, -0.2) is 17.1 Å². The molecule has 0 aliphatic heterocycles. The number of rotatable bonds is 4. The molecule has 1 atom stereocenters. The number of H-pyrrole nitrogens is 1. The minimum absolute atomic E-state index is 0.113. The number of nitrogens with one attached hydrogen (secondary N) is 2. The second-order valence-electron chi connectivity index (χ2n) is 4.41. The highest BCUT2D eigenvalue weighted by Crippen LogP contribution is 2.19. The molecule has 1 aromatic carbocycles. The van der Waals surface area contributed by atoms with Crippen molar-refractivity contribution in [3.05, 3.63) is 64.1 Å². The Hall–Kier alpha value is -2.01. The first-order valence-electron chi connectivity index (χ1n) is 6.23. The maximum Gasteiger partial charge on any atom is 0.252 e. The third-order valence-corrected chi connectivity index (χ3v) is 3.74. The molecule has 0 aliphatic rings. The zero-order valence-corrected chi connectivity index (χ0v) is 12.2. The minimum atomic E-state index is -0.283. The molecule has 0 saturated heterocycles. The summed E-state index contributed by atoms with van der Waals surface area (Å²) in [6, 6.07) is 10.8. The summed E-state index contributed by atoms with van der Waals surface area (Å²) in [5.74, 6) is -0.252. The van der Waals surface area contributed by atoms with E-state index in [2.05, 4.69) is 10.3 Å². The Morgan fingerprint density at radius 1 is 1.25 bits per heavy atom. The van der Waals surface area contributed by atoms with Crippen LogP contribution in [0.25, 0.3) is 0 Å². The van der Waals surface area contributed by atoms with E-state index >= 15 is 0 Å². The monoisotopic (exact) mass is 288 g/mol. The average molecular weight is 288 g/mol. The number of aromatic amines is 1. The smallest absolute Gasteiger partial charge is 0.252 e. The van der Waals surface area contributed by atoms with Crippen LogP contribution in [0.2, 0.25) is 0 Å². The number of thioether (sulfide) groups is 1.